The summed E-state index contributed by atoms with van der Waals surface area (Å²) in [4.78, 5) is 13.4. The van der Waals surface area contributed by atoms with Gasteiger partial charge in [0.1, 0.15) is 11.6 Å². The molecule has 2 heterocycles. The van der Waals surface area contributed by atoms with Crippen LogP contribution in [-0.4, -0.2) is 15.0 Å². The average molecular weight is 270 g/mol. The molecule has 2 rings (SSSR count). The van der Waals surface area contributed by atoms with E-state index in [-0.39, 0.29) is 6.04 Å². The zero-order chi connectivity index (χ0) is 14.5. The molecule has 0 saturated heterocycles. The Kier molecular flexibility index (Phi) is 4.66. The second kappa shape index (κ2) is 6.46. The quantitative estimate of drug-likeness (QED) is 0.896. The van der Waals surface area contributed by atoms with Crippen molar-refractivity contribution < 1.29 is 0 Å². The van der Waals surface area contributed by atoms with Gasteiger partial charge in [0.05, 0.1) is 11.7 Å². The summed E-state index contributed by atoms with van der Waals surface area (Å²) in [6.07, 6.45) is 2.78. The summed E-state index contributed by atoms with van der Waals surface area (Å²) in [6.45, 7) is 8.35. The Hall–Kier alpha value is -1.97. The summed E-state index contributed by atoms with van der Waals surface area (Å²) in [5, 5.41) is 3.47. The zero-order valence-electron chi connectivity index (χ0n) is 12.6. The topological polar surface area (TPSA) is 50.7 Å². The van der Waals surface area contributed by atoms with E-state index in [0.717, 1.165) is 29.5 Å². The fourth-order valence-electron chi connectivity index (χ4n) is 2.11. The Bertz CT molecular complexity index is 552. The number of hydrogen-bond donors (Lipinski definition) is 1. The van der Waals surface area contributed by atoms with Crippen molar-refractivity contribution in [3.05, 3.63) is 47.7 Å². The van der Waals surface area contributed by atoms with E-state index in [1.807, 2.05) is 37.4 Å². The molecule has 1 atom stereocenters. The molecule has 4 nitrogen and oxygen atoms in total. The molecule has 1 N–H and O–H groups in total. The molecule has 0 radical (unpaired) electrons. The van der Waals surface area contributed by atoms with Gasteiger partial charge in [0.15, 0.2) is 0 Å². The Balaban J connectivity index is 2.24. The number of nitrogens with zero attached hydrogens (tertiary/aromatic N) is 3. The van der Waals surface area contributed by atoms with E-state index >= 15 is 0 Å². The molecular weight excluding hydrogens is 248 g/mol. The van der Waals surface area contributed by atoms with Gasteiger partial charge in [-0.1, -0.05) is 26.8 Å². The summed E-state index contributed by atoms with van der Waals surface area (Å²) < 4.78 is 0. The second-order valence-electron chi connectivity index (χ2n) is 5.24. The van der Waals surface area contributed by atoms with Crippen molar-refractivity contribution in [2.24, 2.45) is 0 Å². The lowest BCUT2D eigenvalue weighted by Crippen LogP contribution is -2.13. The van der Waals surface area contributed by atoms with Gasteiger partial charge >= 0.3 is 0 Å². The Morgan fingerprint density at radius 1 is 1.15 bits per heavy atom. The largest absolute Gasteiger partial charge is 0.362 e. The molecular formula is C16H22N4. The van der Waals surface area contributed by atoms with Crippen molar-refractivity contribution in [3.63, 3.8) is 0 Å². The molecule has 106 valence electrons. The van der Waals surface area contributed by atoms with Gasteiger partial charge in [0, 0.05) is 18.0 Å². The summed E-state index contributed by atoms with van der Waals surface area (Å²) in [5.74, 6) is 2.07. The SMILES string of the molecule is CC[C@H](Nc1cc(C(C)C)nc(C)n1)c1ccccn1. The van der Waals surface area contributed by atoms with Crippen LogP contribution in [0.3, 0.4) is 0 Å². The van der Waals surface area contributed by atoms with Crippen molar-refractivity contribution in [1.29, 1.82) is 0 Å². The molecule has 2 aromatic heterocycles. The lowest BCUT2D eigenvalue weighted by molar-refractivity contribution is 0.714. The summed E-state index contributed by atoms with van der Waals surface area (Å²) in [5.41, 5.74) is 2.10. The predicted octanol–water partition coefficient (Wildman–Crippen LogP) is 3.87. The summed E-state index contributed by atoms with van der Waals surface area (Å²) in [6, 6.07) is 8.19. The fourth-order valence-corrected chi connectivity index (χ4v) is 2.11. The molecule has 0 saturated carbocycles. The van der Waals surface area contributed by atoms with Crippen LogP contribution < -0.4 is 5.32 Å². The van der Waals surface area contributed by atoms with Gasteiger partial charge in [-0.25, -0.2) is 9.97 Å². The standard InChI is InChI=1S/C16H22N4/c1-5-13(14-8-6-7-9-17-14)20-16-10-15(11(2)3)18-12(4)19-16/h6-11,13H,5H2,1-4H3,(H,18,19,20)/t13-/m0/s1. The van der Waals surface area contributed by atoms with Crippen molar-refractivity contribution in [1.82, 2.24) is 15.0 Å². The third kappa shape index (κ3) is 3.53. The highest BCUT2D eigenvalue weighted by molar-refractivity contribution is 5.39. The van der Waals surface area contributed by atoms with Gasteiger partial charge in [-0.2, -0.15) is 0 Å². The van der Waals surface area contributed by atoms with Gasteiger partial charge in [-0.05, 0) is 31.4 Å². The van der Waals surface area contributed by atoms with E-state index in [2.05, 4.69) is 41.0 Å². The first kappa shape index (κ1) is 14.4. The molecule has 20 heavy (non-hydrogen) atoms. The Morgan fingerprint density at radius 2 is 1.95 bits per heavy atom. The van der Waals surface area contributed by atoms with Gasteiger partial charge in [0.25, 0.3) is 0 Å². The van der Waals surface area contributed by atoms with E-state index in [0.29, 0.717) is 5.92 Å². The maximum Gasteiger partial charge on any atom is 0.130 e. The van der Waals surface area contributed by atoms with E-state index in [1.54, 1.807) is 0 Å². The second-order valence-corrected chi connectivity index (χ2v) is 5.24. The van der Waals surface area contributed by atoms with Crippen LogP contribution in [0.15, 0.2) is 30.5 Å². The summed E-state index contributed by atoms with van der Waals surface area (Å²) in [7, 11) is 0. The number of rotatable bonds is 5. The third-order valence-electron chi connectivity index (χ3n) is 3.22. The van der Waals surface area contributed by atoms with Crippen LogP contribution >= 0.6 is 0 Å². The monoisotopic (exact) mass is 270 g/mol. The summed E-state index contributed by atoms with van der Waals surface area (Å²) >= 11 is 0. The minimum absolute atomic E-state index is 0.172. The first-order chi connectivity index (χ1) is 9.60. The van der Waals surface area contributed by atoms with Crippen LogP contribution in [0.2, 0.25) is 0 Å². The van der Waals surface area contributed by atoms with Crippen LogP contribution in [0.25, 0.3) is 0 Å². The Labute approximate surface area is 120 Å². The number of hydrogen-bond acceptors (Lipinski definition) is 4. The van der Waals surface area contributed by atoms with Gasteiger partial charge in [0.2, 0.25) is 0 Å². The molecule has 0 spiro atoms. The number of anilines is 1. The van der Waals surface area contributed by atoms with Crippen molar-refractivity contribution >= 4 is 5.82 Å². The molecule has 4 heteroatoms. The third-order valence-corrected chi connectivity index (χ3v) is 3.22. The van der Waals surface area contributed by atoms with Crippen LogP contribution in [0.5, 0.6) is 0 Å². The number of pyridine rings is 1. The Morgan fingerprint density at radius 3 is 2.55 bits per heavy atom. The van der Waals surface area contributed by atoms with Crippen LogP contribution in [-0.2, 0) is 0 Å². The number of aromatic nitrogens is 3. The normalized spacial score (nSPS) is 12.4. The van der Waals surface area contributed by atoms with Crippen LogP contribution in [0.1, 0.15) is 56.4 Å². The molecule has 0 aliphatic rings. The maximum atomic E-state index is 4.48. The highest BCUT2D eigenvalue weighted by Gasteiger charge is 2.12. The van der Waals surface area contributed by atoms with Crippen molar-refractivity contribution in [3.8, 4) is 0 Å². The van der Waals surface area contributed by atoms with Crippen molar-refractivity contribution in [2.45, 2.75) is 46.1 Å². The average Bonchev–Trinajstić information content (AvgIpc) is 2.45. The molecule has 0 unspecified atom stereocenters. The molecule has 0 fully saturated rings. The van der Waals surface area contributed by atoms with Gasteiger partial charge < -0.3 is 5.32 Å². The van der Waals surface area contributed by atoms with E-state index in [9.17, 15) is 0 Å². The van der Waals surface area contributed by atoms with E-state index in [4.69, 9.17) is 0 Å². The van der Waals surface area contributed by atoms with Crippen molar-refractivity contribution in [2.75, 3.05) is 5.32 Å². The van der Waals surface area contributed by atoms with Gasteiger partial charge in [-0.15, -0.1) is 0 Å². The minimum Gasteiger partial charge on any atom is -0.362 e. The first-order valence-corrected chi connectivity index (χ1v) is 7.13. The van der Waals surface area contributed by atoms with Crippen LogP contribution in [0, 0.1) is 6.92 Å². The highest BCUT2D eigenvalue weighted by Crippen LogP contribution is 2.22. The highest BCUT2D eigenvalue weighted by atomic mass is 15.1. The lowest BCUT2D eigenvalue weighted by atomic mass is 10.1. The number of nitrogens with one attached hydrogen (secondary N) is 1. The maximum absolute atomic E-state index is 4.48. The molecule has 0 aliphatic heterocycles. The smallest absolute Gasteiger partial charge is 0.130 e. The molecule has 0 aromatic carbocycles. The fraction of sp³-hybridized carbons (Fsp3) is 0.438. The lowest BCUT2D eigenvalue weighted by Gasteiger charge is -2.18. The minimum atomic E-state index is 0.172. The zero-order valence-corrected chi connectivity index (χ0v) is 12.6. The van der Waals surface area contributed by atoms with E-state index in [1.165, 1.54) is 0 Å². The first-order valence-electron chi connectivity index (χ1n) is 7.13. The molecule has 0 amide bonds. The van der Waals surface area contributed by atoms with Gasteiger partial charge in [-0.3, -0.25) is 4.98 Å². The molecule has 0 aliphatic carbocycles. The van der Waals surface area contributed by atoms with Crippen LogP contribution in [0.4, 0.5) is 5.82 Å². The number of aryl methyl sites for hydroxylation is 1. The molecule has 0 bridgehead atoms. The van der Waals surface area contributed by atoms with E-state index < -0.39 is 0 Å². The predicted molar refractivity (Wildman–Crippen MR) is 81.7 cm³/mol. The molecule has 2 aromatic rings.